The highest BCUT2D eigenvalue weighted by molar-refractivity contribution is 5.95. The Balaban J connectivity index is 2.71. The van der Waals surface area contributed by atoms with Gasteiger partial charge in [0.05, 0.1) is 36.9 Å². The third-order valence-electron chi connectivity index (χ3n) is 4.11. The van der Waals surface area contributed by atoms with Gasteiger partial charge in [0, 0.05) is 23.4 Å². The first-order valence-electron chi connectivity index (χ1n) is 8.65. The van der Waals surface area contributed by atoms with Crippen LogP contribution >= 0.6 is 0 Å². The lowest BCUT2D eigenvalue weighted by molar-refractivity contribution is -0.385. The number of rotatable bonds is 7. The van der Waals surface area contributed by atoms with Crippen LogP contribution in [0.25, 0.3) is 0 Å². The summed E-state index contributed by atoms with van der Waals surface area (Å²) in [4.78, 5) is 35.7. The van der Waals surface area contributed by atoms with Crippen molar-refractivity contribution in [2.24, 2.45) is 0 Å². The highest BCUT2D eigenvalue weighted by atomic mass is 16.6. The fourth-order valence-electron chi connectivity index (χ4n) is 2.92. The van der Waals surface area contributed by atoms with Crippen LogP contribution in [0.2, 0.25) is 0 Å². The summed E-state index contributed by atoms with van der Waals surface area (Å²) in [7, 11) is 2.68. The number of nitrogens with one attached hydrogen (secondary N) is 2. The molecule has 0 saturated carbocycles. The van der Waals surface area contributed by atoms with Crippen molar-refractivity contribution in [3.63, 3.8) is 0 Å². The molecule has 0 aliphatic carbocycles. The predicted octanol–water partition coefficient (Wildman–Crippen LogP) is 2.58. The first kappa shape index (κ1) is 21.0. The summed E-state index contributed by atoms with van der Waals surface area (Å²) in [5.41, 5.74) is 0.459. The van der Waals surface area contributed by atoms with Crippen molar-refractivity contribution < 1.29 is 28.7 Å². The van der Waals surface area contributed by atoms with Crippen molar-refractivity contribution in [1.29, 1.82) is 0 Å². The van der Waals surface area contributed by atoms with Crippen molar-refractivity contribution in [2.75, 3.05) is 14.2 Å². The Morgan fingerprint density at radius 3 is 2.39 bits per heavy atom. The number of methoxy groups -OCH3 is 2. The number of nitro benzene ring substituents is 1. The minimum absolute atomic E-state index is 0.00291. The van der Waals surface area contributed by atoms with Gasteiger partial charge in [-0.1, -0.05) is 6.92 Å². The van der Waals surface area contributed by atoms with E-state index in [-0.39, 0.29) is 34.4 Å². The minimum Gasteiger partial charge on any atom is -0.496 e. The molecule has 1 unspecified atom stereocenters. The molecule has 152 valence electrons. The molecule has 0 spiro atoms. The third-order valence-corrected chi connectivity index (χ3v) is 4.11. The molecule has 1 aliphatic heterocycles. The maximum absolute atomic E-state index is 12.7. The average molecular weight is 393 g/mol. The molecule has 1 aromatic rings. The summed E-state index contributed by atoms with van der Waals surface area (Å²) in [5, 5.41) is 16.7. The van der Waals surface area contributed by atoms with E-state index in [2.05, 4.69) is 10.6 Å². The highest BCUT2D eigenvalue weighted by Gasteiger charge is 2.36. The van der Waals surface area contributed by atoms with E-state index >= 15 is 0 Å². The van der Waals surface area contributed by atoms with Crippen LogP contribution < -0.4 is 20.1 Å². The van der Waals surface area contributed by atoms with Crippen molar-refractivity contribution in [3.05, 3.63) is 39.1 Å². The lowest BCUT2D eigenvalue weighted by atomic mass is 9.93. The Hall–Kier alpha value is -3.30. The summed E-state index contributed by atoms with van der Waals surface area (Å²) < 4.78 is 15.7. The molecule has 0 aromatic heterocycles. The van der Waals surface area contributed by atoms with E-state index < -0.39 is 23.0 Å². The molecule has 2 rings (SSSR count). The lowest BCUT2D eigenvalue weighted by Gasteiger charge is -2.30. The van der Waals surface area contributed by atoms with Crippen LogP contribution in [0.15, 0.2) is 23.4 Å². The molecule has 1 aliphatic rings. The van der Waals surface area contributed by atoms with Crippen LogP contribution in [0.4, 0.5) is 10.5 Å². The van der Waals surface area contributed by atoms with E-state index in [0.717, 1.165) is 0 Å². The molecular formula is C18H23N3O7. The normalized spacial score (nSPS) is 16.4. The van der Waals surface area contributed by atoms with Crippen LogP contribution in [0.5, 0.6) is 11.5 Å². The Labute approximate surface area is 162 Å². The summed E-state index contributed by atoms with van der Waals surface area (Å²) in [6.07, 6.45) is -0.0315. The first-order chi connectivity index (χ1) is 13.2. The van der Waals surface area contributed by atoms with Gasteiger partial charge in [0.15, 0.2) is 0 Å². The van der Waals surface area contributed by atoms with Crippen molar-refractivity contribution in [2.45, 2.75) is 39.3 Å². The zero-order valence-electron chi connectivity index (χ0n) is 16.3. The lowest BCUT2D eigenvalue weighted by Crippen LogP contribution is -2.46. The second-order valence-corrected chi connectivity index (χ2v) is 6.25. The van der Waals surface area contributed by atoms with E-state index in [1.807, 2.05) is 0 Å². The van der Waals surface area contributed by atoms with E-state index in [4.69, 9.17) is 14.2 Å². The van der Waals surface area contributed by atoms with Gasteiger partial charge in [-0.25, -0.2) is 9.59 Å². The molecule has 1 atom stereocenters. The number of carbonyl (C=O) groups excluding carboxylic acids is 2. The number of urea groups is 1. The molecule has 1 heterocycles. The van der Waals surface area contributed by atoms with Crippen LogP contribution in [0, 0.1) is 10.1 Å². The van der Waals surface area contributed by atoms with Crippen molar-refractivity contribution in [1.82, 2.24) is 10.6 Å². The molecule has 28 heavy (non-hydrogen) atoms. The molecule has 0 bridgehead atoms. The van der Waals surface area contributed by atoms with Gasteiger partial charge in [0.1, 0.15) is 5.75 Å². The number of hydrogen-bond acceptors (Lipinski definition) is 7. The number of esters is 1. The summed E-state index contributed by atoms with van der Waals surface area (Å²) in [6, 6.07) is 1.04. The van der Waals surface area contributed by atoms with E-state index in [1.54, 1.807) is 20.8 Å². The Kier molecular flexibility index (Phi) is 6.45. The maximum Gasteiger partial charge on any atom is 0.338 e. The number of carbonyl (C=O) groups is 2. The molecule has 2 amide bonds. The Morgan fingerprint density at radius 2 is 1.89 bits per heavy atom. The molecule has 2 N–H and O–H groups in total. The molecule has 1 aromatic carbocycles. The monoisotopic (exact) mass is 393 g/mol. The summed E-state index contributed by atoms with van der Waals surface area (Å²) in [6.45, 7) is 5.17. The second kappa shape index (κ2) is 8.59. The number of allylic oxidation sites excluding steroid dienone is 1. The molecular weight excluding hydrogens is 370 g/mol. The highest BCUT2D eigenvalue weighted by Crippen LogP contribution is 2.41. The van der Waals surface area contributed by atoms with Crippen molar-refractivity contribution >= 4 is 17.7 Å². The van der Waals surface area contributed by atoms with E-state index in [9.17, 15) is 19.7 Å². The van der Waals surface area contributed by atoms with Crippen LogP contribution in [-0.4, -0.2) is 37.2 Å². The number of hydrogen-bond donors (Lipinski definition) is 2. The molecule has 0 fully saturated rings. The summed E-state index contributed by atoms with van der Waals surface area (Å²) in [5.74, 6) is -0.415. The van der Waals surface area contributed by atoms with Gasteiger partial charge in [-0.05, 0) is 20.3 Å². The topological polar surface area (TPSA) is 129 Å². The standard InChI is InChI=1S/C18H23N3O7/c1-6-11-15(17(22)28-9(2)3)16(20-18(23)19-11)10-7-12(21(24)25)14(27-5)8-13(10)26-4/h7-9,16H,6H2,1-5H3,(H2,19,20,23). The zero-order valence-corrected chi connectivity index (χ0v) is 16.3. The van der Waals surface area contributed by atoms with E-state index in [0.29, 0.717) is 12.1 Å². The van der Waals surface area contributed by atoms with Gasteiger partial charge < -0.3 is 24.8 Å². The van der Waals surface area contributed by atoms with Crippen LogP contribution in [0.1, 0.15) is 38.8 Å². The fraction of sp³-hybridized carbons (Fsp3) is 0.444. The fourth-order valence-corrected chi connectivity index (χ4v) is 2.92. The number of benzene rings is 1. The molecule has 10 nitrogen and oxygen atoms in total. The van der Waals surface area contributed by atoms with E-state index in [1.165, 1.54) is 26.4 Å². The Bertz CT molecular complexity index is 833. The van der Waals surface area contributed by atoms with Gasteiger partial charge in [0.25, 0.3) is 0 Å². The Morgan fingerprint density at radius 1 is 1.25 bits per heavy atom. The van der Waals surface area contributed by atoms with Gasteiger partial charge in [-0.15, -0.1) is 0 Å². The van der Waals surface area contributed by atoms with Crippen LogP contribution in [-0.2, 0) is 9.53 Å². The van der Waals surface area contributed by atoms with Crippen molar-refractivity contribution in [3.8, 4) is 11.5 Å². The van der Waals surface area contributed by atoms with Gasteiger partial charge in [-0.2, -0.15) is 0 Å². The summed E-state index contributed by atoms with van der Waals surface area (Å²) >= 11 is 0. The van der Waals surface area contributed by atoms with Gasteiger partial charge in [0.2, 0.25) is 5.75 Å². The van der Waals surface area contributed by atoms with Crippen LogP contribution in [0.3, 0.4) is 0 Å². The molecule has 10 heteroatoms. The minimum atomic E-state index is -0.991. The third kappa shape index (κ3) is 4.16. The molecule has 0 radical (unpaired) electrons. The average Bonchev–Trinajstić information content (AvgIpc) is 2.65. The number of nitro groups is 1. The largest absolute Gasteiger partial charge is 0.496 e. The maximum atomic E-state index is 12.7. The first-order valence-corrected chi connectivity index (χ1v) is 8.65. The quantitative estimate of drug-likeness (QED) is 0.414. The molecule has 0 saturated heterocycles. The SMILES string of the molecule is CCC1=C(C(=O)OC(C)C)C(c2cc([N+](=O)[O-])c(OC)cc2OC)NC(=O)N1. The number of nitrogens with zero attached hydrogens (tertiary/aromatic N) is 1. The van der Waals surface area contributed by atoms with Gasteiger partial charge >= 0.3 is 17.7 Å². The number of amides is 2. The second-order valence-electron chi connectivity index (χ2n) is 6.25. The zero-order chi connectivity index (χ0) is 21.0. The smallest absolute Gasteiger partial charge is 0.338 e. The predicted molar refractivity (Wildman–Crippen MR) is 99.2 cm³/mol. The van der Waals surface area contributed by atoms with Gasteiger partial charge in [-0.3, -0.25) is 10.1 Å². The number of ether oxygens (including phenoxy) is 3.